The summed E-state index contributed by atoms with van der Waals surface area (Å²) in [4.78, 5) is 11.4. The average molecular weight is 556 g/mol. The monoisotopic (exact) mass is 555 g/mol. The molecule has 8 heteroatoms. The van der Waals surface area contributed by atoms with Gasteiger partial charge < -0.3 is 13.5 Å². The number of fused-ring (bicyclic) bond motifs is 1. The van der Waals surface area contributed by atoms with Gasteiger partial charge in [-0.2, -0.15) is 0 Å². The third kappa shape index (κ3) is 7.15. The number of anilines is 2. The summed E-state index contributed by atoms with van der Waals surface area (Å²) < 4.78 is 22.5. The van der Waals surface area contributed by atoms with E-state index in [1.165, 1.54) is 7.88 Å². The second-order valence-corrected chi connectivity index (χ2v) is 12.2. The summed E-state index contributed by atoms with van der Waals surface area (Å²) in [7, 11) is 0. The van der Waals surface area contributed by atoms with Crippen LogP contribution in [-0.2, 0) is 29.4 Å². The van der Waals surface area contributed by atoms with Gasteiger partial charge in [0.1, 0.15) is 0 Å². The van der Waals surface area contributed by atoms with Gasteiger partial charge in [0, 0.05) is 6.42 Å². The maximum absolute atomic E-state index is 14.6. The summed E-state index contributed by atoms with van der Waals surface area (Å²) in [6, 6.07) is 5.85. The number of H-pyrrole nitrogens is 1. The number of hydrogen-bond donors (Lipinski definition) is 2. The van der Waals surface area contributed by atoms with Crippen molar-refractivity contribution >= 4 is 56.1 Å². The Kier molecular flexibility index (Phi) is 10.2. The molecule has 2 aliphatic rings. The molecule has 171 valence electrons. The molecule has 2 heterocycles. The molecule has 2 aromatic rings. The van der Waals surface area contributed by atoms with E-state index in [9.17, 15) is 9.18 Å². The number of aromatic amines is 1. The molecule has 2 atom stereocenters. The zero-order valence-corrected chi connectivity index (χ0v) is 22.2. The fourth-order valence-corrected chi connectivity index (χ4v) is 7.03. The van der Waals surface area contributed by atoms with Gasteiger partial charge in [-0.3, -0.25) is 4.79 Å². The van der Waals surface area contributed by atoms with Gasteiger partial charge in [0.2, 0.25) is 0 Å². The molecule has 1 aliphatic carbocycles. The van der Waals surface area contributed by atoms with Crippen molar-refractivity contribution in [1.82, 2.24) is 10.2 Å². The van der Waals surface area contributed by atoms with Crippen LogP contribution in [-0.4, -0.2) is 43.9 Å². The molecule has 1 aliphatic heterocycles. The molecular weight excluding hydrogens is 523 g/mol. The van der Waals surface area contributed by atoms with E-state index in [1.54, 1.807) is 0 Å². The smallest absolute Gasteiger partial charge is 0.813 e. The van der Waals surface area contributed by atoms with Crippen LogP contribution in [0.15, 0.2) is 18.2 Å². The second-order valence-electron chi connectivity index (χ2n) is 8.60. The molecule has 1 fully saturated rings. The van der Waals surface area contributed by atoms with Gasteiger partial charge in [0.15, 0.2) is 0 Å². The molecule has 0 bridgehead atoms. The van der Waals surface area contributed by atoms with E-state index in [4.69, 9.17) is 4.74 Å². The summed E-state index contributed by atoms with van der Waals surface area (Å²) in [5.74, 6) is 1.50. The van der Waals surface area contributed by atoms with Crippen LogP contribution in [0.5, 0.6) is 0 Å². The normalized spacial score (nSPS) is 19.3. The van der Waals surface area contributed by atoms with Crippen molar-refractivity contribution in [3.63, 3.8) is 0 Å². The number of rotatable bonds is 5. The quantitative estimate of drug-likeness (QED) is 0.245. The Morgan fingerprint density at radius 3 is 2.81 bits per heavy atom. The molecule has 1 aromatic heterocycles. The maximum atomic E-state index is 14.6. The van der Waals surface area contributed by atoms with E-state index < -0.39 is 0 Å². The summed E-state index contributed by atoms with van der Waals surface area (Å²) in [5, 5.41) is 10.5. The SMILES string of the molecule is CC(C)C.CCC(=O)OC1CCC(c2cc(Nc3cc[c]4c(c3F)C[CH2][Sb]4)n[nH]2)C1.[SH-]. The predicted molar refractivity (Wildman–Crippen MR) is 128 cm³/mol. The topological polar surface area (TPSA) is 67.0 Å². The van der Waals surface area contributed by atoms with Crippen LogP contribution < -0.4 is 8.83 Å². The Bertz CT molecular complexity index is 872. The number of ether oxygens (including phenoxy) is 1. The number of esters is 1. The summed E-state index contributed by atoms with van der Waals surface area (Å²) in [6.45, 7) is 8.31. The first-order chi connectivity index (χ1) is 14.4. The van der Waals surface area contributed by atoms with Crippen molar-refractivity contribution in [2.75, 3.05) is 5.32 Å². The first-order valence-electron chi connectivity index (χ1n) is 10.9. The van der Waals surface area contributed by atoms with Crippen molar-refractivity contribution in [3.05, 3.63) is 35.3 Å². The molecule has 2 N–H and O–H groups in total. The van der Waals surface area contributed by atoms with Gasteiger partial charge >= 0.3 is 145 Å². The van der Waals surface area contributed by atoms with E-state index in [-0.39, 0.29) is 53.0 Å². The summed E-state index contributed by atoms with van der Waals surface area (Å²) >= 11 is -0.361. The van der Waals surface area contributed by atoms with Crippen molar-refractivity contribution < 1.29 is 13.9 Å². The van der Waals surface area contributed by atoms with Crippen LogP contribution in [0.1, 0.15) is 70.6 Å². The fourth-order valence-electron chi connectivity index (χ4n) is 3.73. The van der Waals surface area contributed by atoms with Crippen molar-refractivity contribution in [2.45, 2.75) is 76.2 Å². The maximum Gasteiger partial charge on any atom is -0.813 e. The predicted octanol–water partition coefficient (Wildman–Crippen LogP) is 4.58. The summed E-state index contributed by atoms with van der Waals surface area (Å²) in [6.07, 6.45) is 3.92. The van der Waals surface area contributed by atoms with E-state index in [0.717, 1.165) is 42.9 Å². The number of carbonyl (C=O) groups excluding carboxylic acids is 1. The third-order valence-electron chi connectivity index (χ3n) is 5.13. The molecule has 0 spiro atoms. The van der Waals surface area contributed by atoms with Gasteiger partial charge in [0.05, 0.1) is 0 Å². The summed E-state index contributed by atoms with van der Waals surface area (Å²) in [5.41, 5.74) is 2.41. The van der Waals surface area contributed by atoms with Crippen molar-refractivity contribution in [1.29, 1.82) is 0 Å². The van der Waals surface area contributed by atoms with E-state index in [0.29, 0.717) is 23.8 Å². The van der Waals surface area contributed by atoms with Crippen molar-refractivity contribution in [2.24, 2.45) is 5.92 Å². The first-order valence-corrected chi connectivity index (χ1v) is 14.0. The number of benzene rings is 1. The second kappa shape index (κ2) is 12.1. The van der Waals surface area contributed by atoms with Gasteiger partial charge in [-0.1, -0.05) is 27.7 Å². The third-order valence-corrected chi connectivity index (χ3v) is 8.58. The van der Waals surface area contributed by atoms with Crippen LogP contribution in [0.4, 0.5) is 15.9 Å². The molecule has 0 amide bonds. The zero-order chi connectivity index (χ0) is 21.7. The number of halogens is 1. The molecule has 1 aromatic carbocycles. The zero-order valence-electron chi connectivity index (χ0n) is 18.7. The molecule has 2 unspecified atom stereocenters. The standard InChI is InChI=1S/C19H22FN3O2.C4H10.H2S.Sb/c1-3-12-6-5-7-15(19(12)20)21-17-11-16(22-23-17)13-8-9-14(10-13)25-18(24)4-2;1-4(2)3;;/h5,7,11,13-14H,1,3-4,8-10H2,2H3,(H2,21,22,23);4H,1-3H3;1H2;/p-1. The van der Waals surface area contributed by atoms with Gasteiger partial charge in [0.25, 0.3) is 0 Å². The van der Waals surface area contributed by atoms with Crippen molar-refractivity contribution in [3.8, 4) is 0 Å². The molecule has 1 radical (unpaired) electrons. The molecule has 4 rings (SSSR count). The van der Waals surface area contributed by atoms with Crippen LogP contribution in [0.25, 0.3) is 0 Å². The number of aromatic nitrogens is 2. The number of hydrogen-bond acceptors (Lipinski definition) is 5. The fraction of sp³-hybridized carbons (Fsp3) is 0.565. The minimum atomic E-state index is -0.361. The van der Waals surface area contributed by atoms with Crippen LogP contribution >= 0.6 is 0 Å². The van der Waals surface area contributed by atoms with E-state index >= 15 is 0 Å². The van der Waals surface area contributed by atoms with Gasteiger partial charge in [-0.25, -0.2) is 0 Å². The molecular formula is C23H33FN3O2SSb-. The van der Waals surface area contributed by atoms with Crippen LogP contribution in [0.3, 0.4) is 0 Å². The van der Waals surface area contributed by atoms with E-state index in [2.05, 4.69) is 42.4 Å². The van der Waals surface area contributed by atoms with Crippen LogP contribution in [0.2, 0.25) is 4.37 Å². The molecule has 1 saturated carbocycles. The van der Waals surface area contributed by atoms with E-state index in [1.807, 2.05) is 19.1 Å². The Morgan fingerprint density at radius 2 is 2.10 bits per heavy atom. The van der Waals surface area contributed by atoms with Gasteiger partial charge in [-0.15, -0.1) is 0 Å². The Balaban J connectivity index is 0.000000631. The van der Waals surface area contributed by atoms with Gasteiger partial charge in [-0.05, 0) is 5.92 Å². The average Bonchev–Trinajstić information content (AvgIpc) is 3.44. The largest absolute Gasteiger partial charge is 0.813 e. The van der Waals surface area contributed by atoms with Crippen LogP contribution in [0, 0.1) is 11.7 Å². The molecule has 5 nitrogen and oxygen atoms in total. The molecule has 0 saturated heterocycles. The molecule has 31 heavy (non-hydrogen) atoms. The number of nitrogens with one attached hydrogen (secondary N) is 2. The Labute approximate surface area is 202 Å². The Hall–Kier alpha value is -1.20. The number of carbonyl (C=O) groups is 1. The first kappa shape index (κ1) is 26.1. The Morgan fingerprint density at radius 1 is 1.35 bits per heavy atom. The number of thiol groups is 1. The minimum absolute atomic E-state index is 0. The number of nitrogens with zero attached hydrogens (tertiary/aromatic N) is 1. The minimum Gasteiger partial charge on any atom is -0.813 e.